The van der Waals surface area contributed by atoms with Gasteiger partial charge in [-0.25, -0.2) is 0 Å². The number of hydrogen-bond donors (Lipinski definition) is 0. The highest BCUT2D eigenvalue weighted by molar-refractivity contribution is 9.08. The molecule has 0 saturated heterocycles. The number of alkyl halides is 1. The minimum absolute atomic E-state index is 0.807. The number of benzene rings is 1. The molecule has 0 unspecified atom stereocenters. The van der Waals surface area contributed by atoms with Crippen molar-refractivity contribution >= 4 is 49.0 Å². The maximum atomic E-state index is 5.86. The highest BCUT2D eigenvalue weighted by Gasteiger charge is 2.00. The van der Waals surface area contributed by atoms with Crippen LogP contribution in [0.15, 0.2) is 24.3 Å². The Morgan fingerprint density at radius 3 is 2.92 bits per heavy atom. The molecule has 0 bridgehead atoms. The third kappa shape index (κ3) is 1.51. The van der Waals surface area contributed by atoms with Crippen molar-refractivity contribution in [1.82, 2.24) is 0 Å². The van der Waals surface area contributed by atoms with E-state index >= 15 is 0 Å². The van der Waals surface area contributed by atoms with Crippen LogP contribution in [0.5, 0.6) is 0 Å². The van der Waals surface area contributed by atoms with Gasteiger partial charge in [-0.05, 0) is 29.7 Å². The van der Waals surface area contributed by atoms with E-state index in [1.807, 2.05) is 12.1 Å². The molecule has 3 heteroatoms. The topological polar surface area (TPSA) is 0 Å². The lowest BCUT2D eigenvalue weighted by atomic mass is 10.2. The van der Waals surface area contributed by atoms with Crippen LogP contribution >= 0.6 is 38.9 Å². The Bertz CT molecular complexity index is 408. The van der Waals surface area contributed by atoms with E-state index in [9.17, 15) is 0 Å². The first-order chi connectivity index (χ1) is 5.79. The van der Waals surface area contributed by atoms with E-state index in [1.165, 1.54) is 15.0 Å². The summed E-state index contributed by atoms with van der Waals surface area (Å²) < 4.78 is 1.30. The molecular weight excluding hydrogens is 256 g/mol. The first-order valence-electron chi connectivity index (χ1n) is 3.53. The highest BCUT2D eigenvalue weighted by Crippen LogP contribution is 2.28. The van der Waals surface area contributed by atoms with Crippen LogP contribution in [0.1, 0.15) is 4.88 Å². The van der Waals surface area contributed by atoms with Gasteiger partial charge in [0.2, 0.25) is 0 Å². The smallest absolute Gasteiger partial charge is 0.0412 e. The summed E-state index contributed by atoms with van der Waals surface area (Å²) in [7, 11) is 0. The van der Waals surface area contributed by atoms with Crippen LogP contribution in [0.4, 0.5) is 0 Å². The molecule has 1 aromatic heterocycles. The summed E-state index contributed by atoms with van der Waals surface area (Å²) in [6.45, 7) is 0. The number of hydrogen-bond acceptors (Lipinski definition) is 1. The van der Waals surface area contributed by atoms with Gasteiger partial charge in [0.25, 0.3) is 0 Å². The van der Waals surface area contributed by atoms with Crippen LogP contribution in [0.3, 0.4) is 0 Å². The van der Waals surface area contributed by atoms with E-state index in [4.69, 9.17) is 11.6 Å². The van der Waals surface area contributed by atoms with Gasteiger partial charge in [-0.15, -0.1) is 11.3 Å². The van der Waals surface area contributed by atoms with Crippen molar-refractivity contribution in [2.45, 2.75) is 5.33 Å². The second kappa shape index (κ2) is 3.36. The molecule has 0 aliphatic heterocycles. The van der Waals surface area contributed by atoms with Gasteiger partial charge in [-0.3, -0.25) is 0 Å². The van der Waals surface area contributed by atoms with Gasteiger partial charge in [-0.1, -0.05) is 27.5 Å². The van der Waals surface area contributed by atoms with E-state index in [1.54, 1.807) is 11.3 Å². The molecule has 2 aromatic rings. The second-order valence-electron chi connectivity index (χ2n) is 2.53. The van der Waals surface area contributed by atoms with Crippen LogP contribution < -0.4 is 0 Å². The van der Waals surface area contributed by atoms with Crippen LogP contribution in [0.2, 0.25) is 5.02 Å². The van der Waals surface area contributed by atoms with Crippen molar-refractivity contribution in [3.63, 3.8) is 0 Å². The number of rotatable bonds is 1. The van der Waals surface area contributed by atoms with Crippen molar-refractivity contribution in [1.29, 1.82) is 0 Å². The van der Waals surface area contributed by atoms with E-state index in [-0.39, 0.29) is 0 Å². The molecular formula is C9H6BrClS. The zero-order valence-corrected chi connectivity index (χ0v) is 9.34. The molecule has 0 fully saturated rings. The molecule has 0 N–H and O–H groups in total. The van der Waals surface area contributed by atoms with Gasteiger partial charge in [0, 0.05) is 19.9 Å². The summed E-state index contributed by atoms with van der Waals surface area (Å²) in [6, 6.07) is 8.16. The summed E-state index contributed by atoms with van der Waals surface area (Å²) in [6.07, 6.45) is 0. The molecule has 0 amide bonds. The van der Waals surface area contributed by atoms with Crippen molar-refractivity contribution in [3.05, 3.63) is 34.2 Å². The Labute approximate surface area is 88.3 Å². The molecule has 0 aliphatic carbocycles. The summed E-state index contributed by atoms with van der Waals surface area (Å²) in [5, 5.41) is 2.97. The largest absolute Gasteiger partial charge is 0.139 e. The molecule has 0 spiro atoms. The lowest BCUT2D eigenvalue weighted by molar-refractivity contribution is 1.60. The first kappa shape index (κ1) is 8.54. The Morgan fingerprint density at radius 1 is 1.33 bits per heavy atom. The van der Waals surface area contributed by atoms with Gasteiger partial charge in [0.15, 0.2) is 0 Å². The number of fused-ring (bicyclic) bond motifs is 1. The minimum atomic E-state index is 0.807. The number of halogens is 2. The Kier molecular flexibility index (Phi) is 2.40. The van der Waals surface area contributed by atoms with Crippen LogP contribution in [-0.2, 0) is 5.33 Å². The fraction of sp³-hybridized carbons (Fsp3) is 0.111. The Hall–Kier alpha value is -0.0500. The maximum absolute atomic E-state index is 5.86. The molecule has 0 radical (unpaired) electrons. The average molecular weight is 262 g/mol. The standard InChI is InChI=1S/C9H6BrClS/c10-5-8-4-6-3-7(11)1-2-9(6)12-8/h1-4H,5H2. The first-order valence-corrected chi connectivity index (χ1v) is 5.85. The van der Waals surface area contributed by atoms with Crippen molar-refractivity contribution in [3.8, 4) is 0 Å². The van der Waals surface area contributed by atoms with Crippen molar-refractivity contribution in [2.24, 2.45) is 0 Å². The summed E-state index contributed by atoms with van der Waals surface area (Å²) in [5.41, 5.74) is 0. The molecule has 0 saturated carbocycles. The lowest BCUT2D eigenvalue weighted by Gasteiger charge is -1.88. The van der Waals surface area contributed by atoms with Gasteiger partial charge < -0.3 is 0 Å². The molecule has 1 aromatic carbocycles. The molecule has 12 heavy (non-hydrogen) atoms. The van der Waals surface area contributed by atoms with Crippen LogP contribution in [0, 0.1) is 0 Å². The zero-order chi connectivity index (χ0) is 8.55. The lowest BCUT2D eigenvalue weighted by Crippen LogP contribution is -1.62. The van der Waals surface area contributed by atoms with Gasteiger partial charge in [-0.2, -0.15) is 0 Å². The Balaban J connectivity index is 2.67. The molecule has 0 aliphatic rings. The summed E-state index contributed by atoms with van der Waals surface area (Å²) in [5.74, 6) is 0. The predicted molar refractivity (Wildman–Crippen MR) is 59.5 cm³/mol. The van der Waals surface area contributed by atoms with Crippen molar-refractivity contribution in [2.75, 3.05) is 0 Å². The van der Waals surface area contributed by atoms with Gasteiger partial charge >= 0.3 is 0 Å². The normalized spacial score (nSPS) is 10.8. The minimum Gasteiger partial charge on any atom is -0.139 e. The molecule has 0 nitrogen and oxygen atoms in total. The third-order valence-corrected chi connectivity index (χ3v) is 3.99. The van der Waals surface area contributed by atoms with Gasteiger partial charge in [0.05, 0.1) is 0 Å². The van der Waals surface area contributed by atoms with E-state index in [0.29, 0.717) is 0 Å². The van der Waals surface area contributed by atoms with E-state index < -0.39 is 0 Å². The van der Waals surface area contributed by atoms with Gasteiger partial charge in [0.1, 0.15) is 0 Å². The monoisotopic (exact) mass is 260 g/mol. The summed E-state index contributed by atoms with van der Waals surface area (Å²) in [4.78, 5) is 1.34. The van der Waals surface area contributed by atoms with Crippen LogP contribution in [0.25, 0.3) is 10.1 Å². The molecule has 62 valence electrons. The second-order valence-corrected chi connectivity index (χ2v) is 4.69. The maximum Gasteiger partial charge on any atom is 0.0412 e. The molecule has 0 atom stereocenters. The SMILES string of the molecule is Clc1ccc2sc(CBr)cc2c1. The summed E-state index contributed by atoms with van der Waals surface area (Å²) >= 11 is 11.1. The predicted octanol–water partition coefficient (Wildman–Crippen LogP) is 4.45. The average Bonchev–Trinajstić information content (AvgIpc) is 2.46. The van der Waals surface area contributed by atoms with Crippen molar-refractivity contribution < 1.29 is 0 Å². The fourth-order valence-corrected chi connectivity index (χ4v) is 2.72. The number of thiophene rings is 1. The van der Waals surface area contributed by atoms with E-state index in [0.717, 1.165) is 10.4 Å². The van der Waals surface area contributed by atoms with Crippen LogP contribution in [-0.4, -0.2) is 0 Å². The van der Waals surface area contributed by atoms with E-state index in [2.05, 4.69) is 28.1 Å². The molecule has 2 rings (SSSR count). The Morgan fingerprint density at radius 2 is 2.17 bits per heavy atom. The quantitative estimate of drug-likeness (QED) is 0.665. The zero-order valence-electron chi connectivity index (χ0n) is 6.18. The molecule has 1 heterocycles. The third-order valence-electron chi connectivity index (χ3n) is 1.66. The fourth-order valence-electron chi connectivity index (χ4n) is 1.14. The highest BCUT2D eigenvalue weighted by atomic mass is 79.9.